The first kappa shape index (κ1) is 6.81. The summed E-state index contributed by atoms with van der Waals surface area (Å²) in [4.78, 5) is 0. The zero-order valence-corrected chi connectivity index (χ0v) is 6.16. The summed E-state index contributed by atoms with van der Waals surface area (Å²) in [5.74, 6) is 0.739. The number of hydrogen-bond acceptors (Lipinski definition) is 2. The maximum atomic E-state index is 3.58. The van der Waals surface area contributed by atoms with Crippen molar-refractivity contribution < 1.29 is 0 Å². The molecule has 1 aliphatic rings. The van der Waals surface area contributed by atoms with E-state index in [0.29, 0.717) is 0 Å². The lowest BCUT2D eigenvalue weighted by molar-refractivity contribution is 1.04. The third-order valence-electron chi connectivity index (χ3n) is 1.26. The van der Waals surface area contributed by atoms with Crippen LogP contribution < -0.4 is 5.32 Å². The molecule has 0 amide bonds. The summed E-state index contributed by atoms with van der Waals surface area (Å²) >= 11 is 1.89. The molecular formula is C6H10BNS. The van der Waals surface area contributed by atoms with Crippen molar-refractivity contribution >= 4 is 17.6 Å². The predicted octanol–water partition coefficient (Wildman–Crippen LogP) is 1.51. The standard InChI is InChI=1S/C6H10BNS/c1-2-8-6-7-4-3-5-9-7/h2-3,5,8H,1,4,6H2. The first-order valence-electron chi connectivity index (χ1n) is 3.08. The van der Waals surface area contributed by atoms with Crippen molar-refractivity contribution in [2.45, 2.75) is 6.32 Å². The van der Waals surface area contributed by atoms with Crippen molar-refractivity contribution in [1.82, 2.24) is 5.32 Å². The van der Waals surface area contributed by atoms with Crippen LogP contribution in [0, 0.1) is 0 Å². The highest BCUT2D eigenvalue weighted by Gasteiger charge is 2.13. The summed E-state index contributed by atoms with van der Waals surface area (Å²) in [6, 6.07) is 0. The van der Waals surface area contributed by atoms with Gasteiger partial charge in [-0.1, -0.05) is 12.7 Å². The van der Waals surface area contributed by atoms with Gasteiger partial charge in [0.2, 0.25) is 5.99 Å². The molecular weight excluding hydrogens is 129 g/mol. The topological polar surface area (TPSA) is 12.0 Å². The van der Waals surface area contributed by atoms with E-state index in [0.717, 1.165) is 12.4 Å². The van der Waals surface area contributed by atoms with E-state index >= 15 is 0 Å². The van der Waals surface area contributed by atoms with Gasteiger partial charge in [-0.15, -0.1) is 0 Å². The maximum absolute atomic E-state index is 3.58. The van der Waals surface area contributed by atoms with Crippen molar-refractivity contribution in [1.29, 1.82) is 0 Å². The Morgan fingerprint density at radius 1 is 1.89 bits per heavy atom. The molecule has 0 spiro atoms. The van der Waals surface area contributed by atoms with Gasteiger partial charge in [0, 0.05) is 6.44 Å². The van der Waals surface area contributed by atoms with Gasteiger partial charge in [-0.05, 0) is 17.9 Å². The summed E-state index contributed by atoms with van der Waals surface area (Å²) in [6.07, 6.45) is 6.20. The Morgan fingerprint density at radius 3 is 3.33 bits per heavy atom. The van der Waals surface area contributed by atoms with Gasteiger partial charge >= 0.3 is 0 Å². The second-order valence-corrected chi connectivity index (χ2v) is 3.19. The van der Waals surface area contributed by atoms with Crippen LogP contribution in [0.5, 0.6) is 0 Å². The van der Waals surface area contributed by atoms with Crippen LogP contribution in [0.15, 0.2) is 24.3 Å². The van der Waals surface area contributed by atoms with E-state index in [1.54, 1.807) is 6.20 Å². The Labute approximate surface area is 60.6 Å². The monoisotopic (exact) mass is 139 g/mol. The van der Waals surface area contributed by atoms with E-state index in [1.165, 1.54) is 6.32 Å². The van der Waals surface area contributed by atoms with Crippen LogP contribution in [0.25, 0.3) is 0 Å². The molecule has 3 heteroatoms. The Bertz CT molecular complexity index is 116. The van der Waals surface area contributed by atoms with E-state index in [-0.39, 0.29) is 0 Å². The zero-order chi connectivity index (χ0) is 6.53. The molecule has 0 radical (unpaired) electrons. The van der Waals surface area contributed by atoms with Crippen molar-refractivity contribution in [3.8, 4) is 0 Å². The van der Waals surface area contributed by atoms with Gasteiger partial charge in [-0.3, -0.25) is 0 Å². The fourth-order valence-corrected chi connectivity index (χ4v) is 1.63. The third-order valence-corrected chi connectivity index (χ3v) is 2.35. The molecule has 0 saturated carbocycles. The van der Waals surface area contributed by atoms with Gasteiger partial charge in [0.15, 0.2) is 0 Å². The highest BCUT2D eigenvalue weighted by Crippen LogP contribution is 2.19. The van der Waals surface area contributed by atoms with Gasteiger partial charge in [0.25, 0.3) is 0 Å². The Morgan fingerprint density at radius 2 is 2.78 bits per heavy atom. The van der Waals surface area contributed by atoms with Crippen LogP contribution in [0.1, 0.15) is 0 Å². The fourth-order valence-electron chi connectivity index (χ4n) is 0.776. The molecule has 0 fully saturated rings. The zero-order valence-electron chi connectivity index (χ0n) is 5.34. The van der Waals surface area contributed by atoms with E-state index < -0.39 is 0 Å². The summed E-state index contributed by atoms with van der Waals surface area (Å²) in [5, 5.41) is 5.26. The number of hydrogen-bond donors (Lipinski definition) is 1. The van der Waals surface area contributed by atoms with Crippen LogP contribution in [0.4, 0.5) is 0 Å². The van der Waals surface area contributed by atoms with E-state index in [9.17, 15) is 0 Å². The number of allylic oxidation sites excluding steroid dienone is 1. The molecule has 9 heavy (non-hydrogen) atoms. The van der Waals surface area contributed by atoms with Crippen LogP contribution >= 0.6 is 11.6 Å². The first-order valence-corrected chi connectivity index (χ1v) is 4.02. The molecule has 1 nitrogen and oxygen atoms in total. The van der Waals surface area contributed by atoms with Crippen LogP contribution in [0.2, 0.25) is 6.32 Å². The molecule has 1 rings (SSSR count). The molecule has 0 saturated heterocycles. The summed E-state index contributed by atoms with van der Waals surface area (Å²) < 4.78 is 0. The number of nitrogens with one attached hydrogen (secondary N) is 1. The molecule has 0 atom stereocenters. The normalized spacial score (nSPS) is 16.2. The van der Waals surface area contributed by atoms with Crippen molar-refractivity contribution in [2.24, 2.45) is 0 Å². The highest BCUT2D eigenvalue weighted by atomic mass is 32.2. The van der Waals surface area contributed by atoms with Gasteiger partial charge in [0.1, 0.15) is 0 Å². The fraction of sp³-hybridized carbons (Fsp3) is 0.333. The molecule has 1 aliphatic heterocycles. The molecule has 0 aromatic heterocycles. The molecule has 1 N–H and O–H groups in total. The van der Waals surface area contributed by atoms with E-state index in [2.05, 4.69) is 23.4 Å². The van der Waals surface area contributed by atoms with E-state index in [4.69, 9.17) is 0 Å². The molecule has 0 aliphatic carbocycles. The Kier molecular flexibility index (Phi) is 2.78. The van der Waals surface area contributed by atoms with Gasteiger partial charge in [-0.2, -0.15) is 11.6 Å². The van der Waals surface area contributed by atoms with Gasteiger partial charge in [0.05, 0.1) is 0 Å². The van der Waals surface area contributed by atoms with Crippen molar-refractivity contribution in [3.05, 3.63) is 24.3 Å². The molecule has 0 bridgehead atoms. The Hall–Kier alpha value is -0.305. The van der Waals surface area contributed by atoms with Crippen LogP contribution in [0.3, 0.4) is 0 Å². The van der Waals surface area contributed by atoms with Gasteiger partial charge < -0.3 is 5.32 Å². The second kappa shape index (κ2) is 3.67. The second-order valence-electron chi connectivity index (χ2n) is 1.98. The average molecular weight is 139 g/mol. The molecule has 1 heterocycles. The summed E-state index contributed by atoms with van der Waals surface area (Å²) in [6.45, 7) is 3.58. The van der Waals surface area contributed by atoms with E-state index in [1.807, 2.05) is 11.6 Å². The molecule has 0 unspecified atom stereocenters. The largest absolute Gasteiger partial charge is 0.398 e. The summed E-state index contributed by atoms with van der Waals surface area (Å²) in [5.41, 5.74) is 0. The smallest absolute Gasteiger partial charge is 0.238 e. The Balaban J connectivity index is 2.07. The predicted molar refractivity (Wildman–Crippen MR) is 45.5 cm³/mol. The minimum Gasteiger partial charge on any atom is -0.398 e. The maximum Gasteiger partial charge on any atom is 0.238 e. The lowest BCUT2D eigenvalue weighted by Gasteiger charge is -2.01. The highest BCUT2D eigenvalue weighted by molar-refractivity contribution is 8.28. The third kappa shape index (κ3) is 2.18. The van der Waals surface area contributed by atoms with Crippen molar-refractivity contribution in [3.63, 3.8) is 0 Å². The first-order chi connectivity index (χ1) is 4.43. The molecule has 48 valence electrons. The lowest BCUT2D eigenvalue weighted by atomic mass is 9.73. The molecule has 0 aromatic rings. The summed E-state index contributed by atoms with van der Waals surface area (Å²) in [7, 11) is 0. The lowest BCUT2D eigenvalue weighted by Crippen LogP contribution is -2.21. The quantitative estimate of drug-likeness (QED) is 0.594. The minimum absolute atomic E-state index is 0.739. The minimum atomic E-state index is 0.739. The molecule has 0 aromatic carbocycles. The van der Waals surface area contributed by atoms with Crippen molar-refractivity contribution in [2.75, 3.05) is 6.44 Å². The van der Waals surface area contributed by atoms with Gasteiger partial charge in [-0.25, -0.2) is 0 Å². The van der Waals surface area contributed by atoms with Crippen LogP contribution in [-0.2, 0) is 0 Å². The SMILES string of the molecule is C=CNCB1CC=CS1. The number of rotatable bonds is 3. The van der Waals surface area contributed by atoms with Crippen LogP contribution in [-0.4, -0.2) is 12.4 Å². The average Bonchev–Trinajstić information content (AvgIpc) is 2.34.